The van der Waals surface area contributed by atoms with E-state index in [9.17, 15) is 0 Å². The second-order valence-corrected chi connectivity index (χ2v) is 6.67. The van der Waals surface area contributed by atoms with E-state index in [0.29, 0.717) is 0 Å². The molecule has 1 aliphatic heterocycles. The Bertz CT molecular complexity index is 400. The molecule has 0 bridgehead atoms. The van der Waals surface area contributed by atoms with E-state index in [1.807, 2.05) is 0 Å². The van der Waals surface area contributed by atoms with Crippen LogP contribution >= 0.6 is 22.6 Å². The van der Waals surface area contributed by atoms with Crippen LogP contribution in [-0.2, 0) is 6.54 Å². The smallest absolute Gasteiger partial charge is 0.0236 e. The lowest BCUT2D eigenvalue weighted by Gasteiger charge is -2.31. The molecular weight excluding hydrogens is 321 g/mol. The summed E-state index contributed by atoms with van der Waals surface area (Å²) in [6.45, 7) is 10.5. The van der Waals surface area contributed by atoms with Crippen LogP contribution in [0, 0.1) is 23.3 Å². The number of aryl methyl sites for hydroxylation is 2. The van der Waals surface area contributed by atoms with E-state index >= 15 is 0 Å². The molecule has 1 aliphatic rings. The van der Waals surface area contributed by atoms with Crippen LogP contribution in [0.1, 0.15) is 36.5 Å². The number of nitrogens with zero attached hydrogens (tertiary/aromatic N) is 1. The van der Waals surface area contributed by atoms with Crippen LogP contribution in [0.25, 0.3) is 0 Å². The van der Waals surface area contributed by atoms with Crippen molar-refractivity contribution in [2.45, 2.75) is 40.2 Å². The van der Waals surface area contributed by atoms with Crippen LogP contribution in [0.15, 0.2) is 12.1 Å². The van der Waals surface area contributed by atoms with Crippen molar-refractivity contribution in [2.75, 3.05) is 13.1 Å². The lowest BCUT2D eigenvalue weighted by molar-refractivity contribution is 0.176. The van der Waals surface area contributed by atoms with Gasteiger partial charge in [0.1, 0.15) is 0 Å². The van der Waals surface area contributed by atoms with Crippen LogP contribution in [0.3, 0.4) is 0 Å². The Morgan fingerprint density at radius 1 is 1.29 bits per heavy atom. The number of hydrogen-bond acceptors (Lipinski definition) is 1. The third-order valence-corrected chi connectivity index (χ3v) is 4.91. The van der Waals surface area contributed by atoms with Crippen molar-refractivity contribution in [2.24, 2.45) is 5.92 Å². The topological polar surface area (TPSA) is 3.24 Å². The molecule has 1 aromatic carbocycles. The Balaban J connectivity index is 2.10. The molecule has 0 spiro atoms. The van der Waals surface area contributed by atoms with Gasteiger partial charge in [0.05, 0.1) is 0 Å². The summed E-state index contributed by atoms with van der Waals surface area (Å²) in [6, 6.07) is 4.69. The van der Waals surface area contributed by atoms with Gasteiger partial charge < -0.3 is 0 Å². The highest BCUT2D eigenvalue weighted by molar-refractivity contribution is 14.1. The molecule has 0 aromatic heterocycles. The van der Waals surface area contributed by atoms with Gasteiger partial charge in [-0.3, -0.25) is 4.90 Å². The summed E-state index contributed by atoms with van der Waals surface area (Å²) < 4.78 is 1.39. The second kappa shape index (κ2) is 5.70. The van der Waals surface area contributed by atoms with Crippen LogP contribution in [0.2, 0.25) is 0 Å². The Morgan fingerprint density at radius 2 is 2.06 bits per heavy atom. The van der Waals surface area contributed by atoms with E-state index in [4.69, 9.17) is 0 Å². The van der Waals surface area contributed by atoms with Crippen LogP contribution in [-0.4, -0.2) is 18.0 Å². The lowest BCUT2D eigenvalue weighted by Crippen LogP contribution is -2.33. The average Bonchev–Trinajstić information content (AvgIpc) is 2.26. The molecule has 2 heteroatoms. The van der Waals surface area contributed by atoms with E-state index in [0.717, 1.165) is 12.5 Å². The maximum Gasteiger partial charge on any atom is 0.0236 e. The summed E-state index contributed by atoms with van der Waals surface area (Å²) in [4.78, 5) is 2.61. The first-order chi connectivity index (χ1) is 8.06. The Labute approximate surface area is 119 Å². The molecule has 2 rings (SSSR count). The van der Waals surface area contributed by atoms with Crippen molar-refractivity contribution in [3.63, 3.8) is 0 Å². The van der Waals surface area contributed by atoms with E-state index in [1.54, 1.807) is 0 Å². The highest BCUT2D eigenvalue weighted by atomic mass is 127. The highest BCUT2D eigenvalue weighted by Crippen LogP contribution is 2.22. The molecule has 1 unspecified atom stereocenters. The van der Waals surface area contributed by atoms with Crippen molar-refractivity contribution < 1.29 is 0 Å². The van der Waals surface area contributed by atoms with Crippen molar-refractivity contribution in [1.29, 1.82) is 0 Å². The zero-order chi connectivity index (χ0) is 12.4. The first-order valence-corrected chi connectivity index (χ1v) is 7.62. The molecule has 0 N–H and O–H groups in total. The largest absolute Gasteiger partial charge is 0.299 e. The van der Waals surface area contributed by atoms with Gasteiger partial charge in [-0.2, -0.15) is 0 Å². The molecule has 17 heavy (non-hydrogen) atoms. The number of likely N-dealkylation sites (tertiary alicyclic amines) is 1. The number of benzene rings is 1. The summed E-state index contributed by atoms with van der Waals surface area (Å²) >= 11 is 2.43. The Morgan fingerprint density at radius 3 is 2.76 bits per heavy atom. The van der Waals surface area contributed by atoms with Crippen molar-refractivity contribution in [3.8, 4) is 0 Å². The standard InChI is InChI=1S/C15H22IN/c1-11-5-4-6-17(9-11)10-14-7-13(3)15(16)8-12(14)2/h7-8,11H,4-6,9-10H2,1-3H3. The fourth-order valence-corrected chi connectivity index (χ4v) is 3.31. The molecule has 1 heterocycles. The summed E-state index contributed by atoms with van der Waals surface area (Å²) in [6.07, 6.45) is 2.77. The van der Waals surface area contributed by atoms with Crippen molar-refractivity contribution in [1.82, 2.24) is 4.90 Å². The molecule has 0 radical (unpaired) electrons. The SMILES string of the molecule is Cc1cc(CN2CCCC(C)C2)c(C)cc1I. The molecule has 1 nitrogen and oxygen atoms in total. The number of piperidine rings is 1. The molecule has 0 amide bonds. The van der Waals surface area contributed by atoms with Gasteiger partial charge in [0.25, 0.3) is 0 Å². The molecule has 0 saturated carbocycles. The maximum absolute atomic E-state index is 2.61. The lowest BCUT2D eigenvalue weighted by atomic mass is 9.98. The van der Waals surface area contributed by atoms with E-state index in [-0.39, 0.29) is 0 Å². The van der Waals surface area contributed by atoms with Crippen LogP contribution in [0.4, 0.5) is 0 Å². The molecule has 94 valence electrons. The molecular formula is C15H22IN. The van der Waals surface area contributed by atoms with Gasteiger partial charge in [0, 0.05) is 16.7 Å². The van der Waals surface area contributed by atoms with E-state index < -0.39 is 0 Å². The first kappa shape index (κ1) is 13.3. The molecule has 1 fully saturated rings. The number of rotatable bonds is 2. The zero-order valence-electron chi connectivity index (χ0n) is 11.1. The third kappa shape index (κ3) is 3.44. The van der Waals surface area contributed by atoms with Crippen molar-refractivity contribution in [3.05, 3.63) is 32.4 Å². The Kier molecular flexibility index (Phi) is 4.47. The van der Waals surface area contributed by atoms with Gasteiger partial charge in [0.15, 0.2) is 0 Å². The van der Waals surface area contributed by atoms with Gasteiger partial charge in [-0.05, 0) is 84.5 Å². The van der Waals surface area contributed by atoms with Gasteiger partial charge >= 0.3 is 0 Å². The fraction of sp³-hybridized carbons (Fsp3) is 0.600. The monoisotopic (exact) mass is 343 g/mol. The van der Waals surface area contributed by atoms with Crippen LogP contribution < -0.4 is 0 Å². The maximum atomic E-state index is 2.61. The van der Waals surface area contributed by atoms with Gasteiger partial charge in [0.2, 0.25) is 0 Å². The molecule has 1 aromatic rings. The van der Waals surface area contributed by atoms with Gasteiger partial charge in [-0.15, -0.1) is 0 Å². The summed E-state index contributed by atoms with van der Waals surface area (Å²) in [7, 11) is 0. The van der Waals surface area contributed by atoms with Gasteiger partial charge in [-0.25, -0.2) is 0 Å². The summed E-state index contributed by atoms with van der Waals surface area (Å²) in [5.41, 5.74) is 4.37. The molecule has 1 saturated heterocycles. The predicted molar refractivity (Wildman–Crippen MR) is 82.3 cm³/mol. The van der Waals surface area contributed by atoms with E-state index in [1.165, 1.54) is 46.2 Å². The minimum Gasteiger partial charge on any atom is -0.299 e. The van der Waals surface area contributed by atoms with Crippen molar-refractivity contribution >= 4 is 22.6 Å². The predicted octanol–water partition coefficient (Wildman–Crippen LogP) is 4.14. The highest BCUT2D eigenvalue weighted by Gasteiger charge is 2.17. The average molecular weight is 343 g/mol. The second-order valence-electron chi connectivity index (χ2n) is 5.51. The first-order valence-electron chi connectivity index (χ1n) is 6.54. The minimum atomic E-state index is 0.869. The number of halogens is 1. The molecule has 1 atom stereocenters. The number of hydrogen-bond donors (Lipinski definition) is 0. The van der Waals surface area contributed by atoms with E-state index in [2.05, 4.69) is 60.4 Å². The Hall–Kier alpha value is -0.0900. The third-order valence-electron chi connectivity index (χ3n) is 3.75. The normalized spacial score (nSPS) is 21.8. The fourth-order valence-electron chi connectivity index (χ4n) is 2.68. The molecule has 0 aliphatic carbocycles. The minimum absolute atomic E-state index is 0.869. The zero-order valence-corrected chi connectivity index (χ0v) is 13.3. The summed E-state index contributed by atoms with van der Waals surface area (Å²) in [5, 5.41) is 0. The van der Waals surface area contributed by atoms with Gasteiger partial charge in [-0.1, -0.05) is 13.0 Å². The quantitative estimate of drug-likeness (QED) is 0.730. The summed E-state index contributed by atoms with van der Waals surface area (Å²) in [5.74, 6) is 0.869. The van der Waals surface area contributed by atoms with Crippen LogP contribution in [0.5, 0.6) is 0 Å².